The van der Waals surface area contributed by atoms with Crippen molar-refractivity contribution in [1.82, 2.24) is 0 Å². The van der Waals surface area contributed by atoms with Crippen molar-refractivity contribution in [3.8, 4) is 0 Å². The van der Waals surface area contributed by atoms with Crippen LogP contribution in [0.15, 0.2) is 0 Å². The smallest absolute Gasteiger partial charge is 0.349 e. The van der Waals surface area contributed by atoms with E-state index in [1.807, 2.05) is 0 Å². The number of hydrogen-bond donors (Lipinski definition) is 0. The van der Waals surface area contributed by atoms with Crippen molar-refractivity contribution in [2.24, 2.45) is 0 Å². The van der Waals surface area contributed by atoms with Crippen LogP contribution < -0.4 is 0 Å². The maximum atomic E-state index is 10.9. The normalized spacial score (nSPS) is 10.7. The fraction of sp³-hybridized carbons (Fsp3) is 0.714. The number of esters is 2. The molecule has 0 bridgehead atoms. The van der Waals surface area contributed by atoms with E-state index in [4.69, 9.17) is 16.3 Å². The monoisotopic (exact) mass is 194 g/mol. The van der Waals surface area contributed by atoms with E-state index in [-0.39, 0.29) is 5.88 Å². The summed E-state index contributed by atoms with van der Waals surface area (Å²) in [6.45, 7) is 2.87. The number of rotatable bonds is 3. The fourth-order valence-electron chi connectivity index (χ4n) is 0.599. The zero-order valence-corrected chi connectivity index (χ0v) is 7.97. The van der Waals surface area contributed by atoms with Gasteiger partial charge in [0, 0.05) is 0 Å². The van der Waals surface area contributed by atoms with Gasteiger partial charge in [-0.05, 0) is 13.8 Å². The molecule has 0 aromatic heterocycles. The van der Waals surface area contributed by atoms with Gasteiger partial charge in [-0.15, -0.1) is 11.6 Å². The van der Waals surface area contributed by atoms with Gasteiger partial charge in [-0.2, -0.15) is 0 Å². The second-order valence-corrected chi connectivity index (χ2v) is 2.88. The number of halogens is 1. The molecule has 0 aliphatic carbocycles. The molecule has 0 atom stereocenters. The lowest BCUT2D eigenvalue weighted by atomic mass is 10.1. The van der Waals surface area contributed by atoms with Crippen molar-refractivity contribution in [1.29, 1.82) is 0 Å². The van der Waals surface area contributed by atoms with Gasteiger partial charge in [0.2, 0.25) is 5.60 Å². The van der Waals surface area contributed by atoms with Crippen molar-refractivity contribution < 1.29 is 19.1 Å². The molecule has 70 valence electrons. The Hall–Kier alpha value is -0.770. The average molecular weight is 195 g/mol. The highest BCUT2D eigenvalue weighted by Crippen LogP contribution is 2.11. The maximum Gasteiger partial charge on any atom is 0.349 e. The van der Waals surface area contributed by atoms with Crippen LogP contribution in [0.25, 0.3) is 0 Å². The molecule has 0 unspecified atom stereocenters. The number of carbonyl (C=O) groups excluding carboxylic acids is 2. The molecule has 0 amide bonds. The lowest BCUT2D eigenvalue weighted by Gasteiger charge is -2.21. The zero-order valence-electron chi connectivity index (χ0n) is 7.22. The predicted octanol–water partition coefficient (Wildman–Crippen LogP) is 0.720. The quantitative estimate of drug-likeness (QED) is 0.491. The molecule has 0 aromatic rings. The van der Waals surface area contributed by atoms with Crippen molar-refractivity contribution >= 4 is 23.5 Å². The topological polar surface area (TPSA) is 52.6 Å². The highest BCUT2D eigenvalue weighted by Gasteiger charge is 2.32. The van der Waals surface area contributed by atoms with Crippen molar-refractivity contribution in [3.63, 3.8) is 0 Å². The van der Waals surface area contributed by atoms with Crippen molar-refractivity contribution in [2.45, 2.75) is 19.4 Å². The van der Waals surface area contributed by atoms with Gasteiger partial charge in [0.1, 0.15) is 5.88 Å². The minimum absolute atomic E-state index is 0.277. The molecule has 0 aliphatic rings. The molecular formula is C7H11ClO4. The van der Waals surface area contributed by atoms with Gasteiger partial charge in [0.05, 0.1) is 7.11 Å². The first kappa shape index (κ1) is 11.2. The highest BCUT2D eigenvalue weighted by molar-refractivity contribution is 6.26. The third-order valence-corrected chi connectivity index (χ3v) is 1.37. The molecule has 0 fully saturated rings. The largest absolute Gasteiger partial charge is 0.466 e. The third-order valence-electron chi connectivity index (χ3n) is 1.16. The van der Waals surface area contributed by atoms with Crippen LogP contribution in [0.2, 0.25) is 0 Å². The van der Waals surface area contributed by atoms with Crippen LogP contribution in [0.4, 0.5) is 0 Å². The summed E-state index contributed by atoms with van der Waals surface area (Å²) in [5, 5.41) is 0. The first-order chi connectivity index (χ1) is 5.44. The molecule has 0 aromatic carbocycles. The Morgan fingerprint density at radius 2 is 1.92 bits per heavy atom. The number of ether oxygens (including phenoxy) is 2. The Bertz CT molecular complexity index is 188. The van der Waals surface area contributed by atoms with E-state index in [0.29, 0.717) is 0 Å². The van der Waals surface area contributed by atoms with Crippen LogP contribution in [-0.2, 0) is 19.1 Å². The van der Waals surface area contributed by atoms with Crippen LogP contribution >= 0.6 is 11.6 Å². The molecule has 0 spiro atoms. The minimum atomic E-state index is -1.26. The van der Waals surface area contributed by atoms with Gasteiger partial charge in [0.25, 0.3) is 0 Å². The number of alkyl halides is 1. The minimum Gasteiger partial charge on any atom is -0.466 e. The number of methoxy groups -OCH3 is 1. The SMILES string of the molecule is COC(=O)C(C)(C)OC(=O)CCl. The first-order valence-electron chi connectivity index (χ1n) is 3.30. The molecule has 0 heterocycles. The van der Waals surface area contributed by atoms with Gasteiger partial charge >= 0.3 is 11.9 Å². The summed E-state index contributed by atoms with van der Waals surface area (Å²) in [7, 11) is 1.22. The number of hydrogen-bond acceptors (Lipinski definition) is 4. The Morgan fingerprint density at radius 1 is 1.42 bits per heavy atom. The Kier molecular flexibility index (Phi) is 4.03. The number of carbonyl (C=O) groups is 2. The Balaban J connectivity index is 4.21. The van der Waals surface area contributed by atoms with Crippen LogP contribution in [0.1, 0.15) is 13.8 Å². The third kappa shape index (κ3) is 3.09. The van der Waals surface area contributed by atoms with E-state index >= 15 is 0 Å². The summed E-state index contributed by atoms with van der Waals surface area (Å²) in [5.41, 5.74) is -1.26. The summed E-state index contributed by atoms with van der Waals surface area (Å²) in [6.07, 6.45) is 0. The van der Waals surface area contributed by atoms with Gasteiger partial charge in [0.15, 0.2) is 0 Å². The summed E-state index contributed by atoms with van der Waals surface area (Å²) < 4.78 is 9.10. The molecule has 5 heteroatoms. The van der Waals surface area contributed by atoms with E-state index in [0.717, 1.165) is 0 Å². The second kappa shape index (κ2) is 4.30. The molecule has 12 heavy (non-hydrogen) atoms. The predicted molar refractivity (Wildman–Crippen MR) is 42.9 cm³/mol. The summed E-state index contributed by atoms with van der Waals surface area (Å²) in [6, 6.07) is 0. The van der Waals surface area contributed by atoms with E-state index in [1.54, 1.807) is 0 Å². The standard InChI is InChI=1S/C7H11ClO4/c1-7(2,6(10)11-3)12-5(9)4-8/h4H2,1-3H3. The first-order valence-corrected chi connectivity index (χ1v) is 3.83. The molecule has 0 N–H and O–H groups in total. The summed E-state index contributed by atoms with van der Waals surface area (Å²) in [4.78, 5) is 21.6. The molecule has 0 saturated carbocycles. The van der Waals surface area contributed by atoms with Gasteiger partial charge < -0.3 is 9.47 Å². The van der Waals surface area contributed by atoms with Crippen LogP contribution in [0, 0.1) is 0 Å². The van der Waals surface area contributed by atoms with Crippen LogP contribution in [-0.4, -0.2) is 30.5 Å². The van der Waals surface area contributed by atoms with E-state index in [2.05, 4.69) is 4.74 Å². The fourth-order valence-corrected chi connectivity index (χ4v) is 0.654. The molecule has 0 aliphatic heterocycles. The molecule has 0 rings (SSSR count). The second-order valence-electron chi connectivity index (χ2n) is 2.61. The maximum absolute atomic E-state index is 10.9. The zero-order chi connectivity index (χ0) is 9.78. The average Bonchev–Trinajstić information content (AvgIpc) is 2.02. The summed E-state index contributed by atoms with van der Waals surface area (Å²) >= 11 is 5.18. The lowest BCUT2D eigenvalue weighted by molar-refractivity contribution is -0.174. The summed E-state index contributed by atoms with van der Waals surface area (Å²) in [5.74, 6) is -1.53. The molecular weight excluding hydrogens is 184 g/mol. The van der Waals surface area contributed by atoms with Gasteiger partial charge in [-0.25, -0.2) is 4.79 Å². The lowest BCUT2D eigenvalue weighted by Crippen LogP contribution is -2.38. The van der Waals surface area contributed by atoms with Crippen LogP contribution in [0.5, 0.6) is 0 Å². The Morgan fingerprint density at radius 3 is 2.25 bits per heavy atom. The van der Waals surface area contributed by atoms with Crippen molar-refractivity contribution in [3.05, 3.63) is 0 Å². The highest BCUT2D eigenvalue weighted by atomic mass is 35.5. The van der Waals surface area contributed by atoms with Gasteiger partial charge in [-0.1, -0.05) is 0 Å². The van der Waals surface area contributed by atoms with E-state index in [1.165, 1.54) is 21.0 Å². The molecule has 4 nitrogen and oxygen atoms in total. The molecule has 0 saturated heterocycles. The molecule has 0 radical (unpaired) electrons. The van der Waals surface area contributed by atoms with Gasteiger partial charge in [-0.3, -0.25) is 4.79 Å². The van der Waals surface area contributed by atoms with Crippen molar-refractivity contribution in [2.75, 3.05) is 13.0 Å². The van der Waals surface area contributed by atoms with E-state index in [9.17, 15) is 9.59 Å². The van der Waals surface area contributed by atoms with Crippen LogP contribution in [0.3, 0.4) is 0 Å². The van der Waals surface area contributed by atoms with E-state index < -0.39 is 17.5 Å². The Labute approximate surface area is 75.8 Å².